The molecule has 0 aliphatic carbocycles. The van der Waals surface area contributed by atoms with Gasteiger partial charge in [-0.3, -0.25) is 9.78 Å². The van der Waals surface area contributed by atoms with Gasteiger partial charge in [0.2, 0.25) is 0 Å². The zero-order valence-electron chi connectivity index (χ0n) is 12.5. The van der Waals surface area contributed by atoms with Crippen molar-refractivity contribution in [1.82, 2.24) is 10.3 Å². The van der Waals surface area contributed by atoms with E-state index in [1.807, 2.05) is 30.3 Å². The van der Waals surface area contributed by atoms with Gasteiger partial charge in [0.15, 0.2) is 0 Å². The number of para-hydroxylation sites is 1. The van der Waals surface area contributed by atoms with Crippen molar-refractivity contribution in [2.24, 2.45) is 5.92 Å². The van der Waals surface area contributed by atoms with Crippen LogP contribution in [0.15, 0.2) is 36.5 Å². The standard InChI is InChI=1S/C17H21BrN2O/c1-3-12(4-2)15(18)11-20-17(21)14-9-5-7-13-8-6-10-19-16(13)14/h5-10,12,15H,3-4,11H2,1-2H3,(H,20,21). The zero-order valence-corrected chi connectivity index (χ0v) is 14.1. The third-order valence-corrected chi connectivity index (χ3v) is 4.97. The van der Waals surface area contributed by atoms with Gasteiger partial charge in [0.25, 0.3) is 5.91 Å². The summed E-state index contributed by atoms with van der Waals surface area (Å²) >= 11 is 3.69. The van der Waals surface area contributed by atoms with Gasteiger partial charge >= 0.3 is 0 Å². The molecular weight excluding hydrogens is 328 g/mol. The summed E-state index contributed by atoms with van der Waals surface area (Å²) in [5, 5.41) is 4.00. The Bertz CT molecular complexity index is 605. The summed E-state index contributed by atoms with van der Waals surface area (Å²) in [5.74, 6) is 0.519. The van der Waals surface area contributed by atoms with Crippen molar-refractivity contribution in [2.45, 2.75) is 31.5 Å². The Morgan fingerprint density at radius 3 is 2.67 bits per heavy atom. The molecule has 21 heavy (non-hydrogen) atoms. The van der Waals surface area contributed by atoms with Crippen LogP contribution in [0.2, 0.25) is 0 Å². The van der Waals surface area contributed by atoms with Crippen LogP contribution in [-0.2, 0) is 0 Å². The van der Waals surface area contributed by atoms with E-state index in [-0.39, 0.29) is 5.91 Å². The maximum Gasteiger partial charge on any atom is 0.253 e. The van der Waals surface area contributed by atoms with Crippen LogP contribution >= 0.6 is 15.9 Å². The lowest BCUT2D eigenvalue weighted by atomic mass is 9.99. The maximum absolute atomic E-state index is 12.4. The van der Waals surface area contributed by atoms with Crippen LogP contribution < -0.4 is 5.32 Å². The van der Waals surface area contributed by atoms with Crippen LogP contribution in [0.1, 0.15) is 37.0 Å². The number of hydrogen-bond donors (Lipinski definition) is 1. The number of pyridine rings is 1. The van der Waals surface area contributed by atoms with Crippen LogP contribution in [0.25, 0.3) is 10.9 Å². The molecule has 1 unspecified atom stereocenters. The summed E-state index contributed by atoms with van der Waals surface area (Å²) < 4.78 is 0. The molecule has 0 radical (unpaired) electrons. The molecule has 1 heterocycles. The summed E-state index contributed by atoms with van der Waals surface area (Å²) in [5.41, 5.74) is 1.39. The summed E-state index contributed by atoms with van der Waals surface area (Å²) in [6, 6.07) is 9.54. The molecule has 0 fully saturated rings. The van der Waals surface area contributed by atoms with Crippen molar-refractivity contribution in [1.29, 1.82) is 0 Å². The fourth-order valence-corrected chi connectivity index (χ4v) is 3.45. The Labute approximate surface area is 134 Å². The van der Waals surface area contributed by atoms with Gasteiger partial charge in [-0.15, -0.1) is 0 Å². The molecule has 0 spiro atoms. The monoisotopic (exact) mass is 348 g/mol. The molecule has 1 atom stereocenters. The number of alkyl halides is 1. The Morgan fingerprint density at radius 1 is 1.24 bits per heavy atom. The van der Waals surface area contributed by atoms with Crippen molar-refractivity contribution in [3.8, 4) is 0 Å². The number of nitrogens with one attached hydrogen (secondary N) is 1. The fraction of sp³-hybridized carbons (Fsp3) is 0.412. The molecule has 1 amide bonds. The lowest BCUT2D eigenvalue weighted by molar-refractivity contribution is 0.0953. The molecule has 112 valence electrons. The van der Waals surface area contributed by atoms with Crippen molar-refractivity contribution >= 4 is 32.7 Å². The van der Waals surface area contributed by atoms with Crippen LogP contribution in [0.5, 0.6) is 0 Å². The number of amides is 1. The molecule has 0 saturated carbocycles. The molecule has 0 aliphatic rings. The maximum atomic E-state index is 12.4. The van der Waals surface area contributed by atoms with E-state index >= 15 is 0 Å². The molecule has 1 aromatic heterocycles. The van der Waals surface area contributed by atoms with Crippen molar-refractivity contribution < 1.29 is 4.79 Å². The highest BCUT2D eigenvalue weighted by molar-refractivity contribution is 9.09. The minimum Gasteiger partial charge on any atom is -0.351 e. The first-order chi connectivity index (χ1) is 10.2. The van der Waals surface area contributed by atoms with E-state index in [0.717, 1.165) is 23.7 Å². The Morgan fingerprint density at radius 2 is 1.95 bits per heavy atom. The van der Waals surface area contributed by atoms with Crippen LogP contribution in [0.4, 0.5) is 0 Å². The largest absolute Gasteiger partial charge is 0.351 e. The molecular formula is C17H21BrN2O. The summed E-state index contributed by atoms with van der Waals surface area (Å²) in [6.45, 7) is 4.99. The van der Waals surface area contributed by atoms with Crippen molar-refractivity contribution in [3.05, 3.63) is 42.1 Å². The Kier molecular flexibility index (Phi) is 5.74. The summed E-state index contributed by atoms with van der Waals surface area (Å²) in [7, 11) is 0. The minimum absolute atomic E-state index is 0.0605. The van der Waals surface area contributed by atoms with Gasteiger partial charge in [-0.05, 0) is 18.1 Å². The van der Waals surface area contributed by atoms with E-state index in [9.17, 15) is 4.79 Å². The van der Waals surface area contributed by atoms with E-state index in [4.69, 9.17) is 0 Å². The van der Waals surface area contributed by atoms with Gasteiger partial charge in [-0.25, -0.2) is 0 Å². The number of aromatic nitrogens is 1. The predicted octanol–water partition coefficient (Wildman–Crippen LogP) is 4.16. The lowest BCUT2D eigenvalue weighted by Crippen LogP contribution is -2.33. The lowest BCUT2D eigenvalue weighted by Gasteiger charge is -2.20. The number of hydrogen-bond acceptors (Lipinski definition) is 2. The van der Waals surface area contributed by atoms with E-state index < -0.39 is 0 Å². The number of fused-ring (bicyclic) bond motifs is 1. The third kappa shape index (κ3) is 3.82. The minimum atomic E-state index is -0.0605. The van der Waals surface area contributed by atoms with Gasteiger partial charge < -0.3 is 5.32 Å². The summed E-state index contributed by atoms with van der Waals surface area (Å²) in [4.78, 5) is 17.0. The highest BCUT2D eigenvalue weighted by Gasteiger charge is 2.17. The second-order valence-electron chi connectivity index (χ2n) is 5.18. The SMILES string of the molecule is CCC(CC)C(Br)CNC(=O)c1cccc2cccnc12. The molecule has 0 aliphatic heterocycles. The second-order valence-corrected chi connectivity index (χ2v) is 6.36. The number of rotatable bonds is 6. The zero-order chi connectivity index (χ0) is 15.2. The number of carbonyl (C=O) groups excluding carboxylic acids is 1. The van der Waals surface area contributed by atoms with E-state index in [1.165, 1.54) is 0 Å². The second kappa shape index (κ2) is 7.55. The highest BCUT2D eigenvalue weighted by atomic mass is 79.9. The summed E-state index contributed by atoms with van der Waals surface area (Å²) in [6.07, 6.45) is 3.94. The number of benzene rings is 1. The van der Waals surface area contributed by atoms with E-state index in [2.05, 4.69) is 40.1 Å². The van der Waals surface area contributed by atoms with Crippen LogP contribution in [0, 0.1) is 5.92 Å². The van der Waals surface area contributed by atoms with Gasteiger partial charge in [0.1, 0.15) is 0 Å². The smallest absolute Gasteiger partial charge is 0.253 e. The van der Waals surface area contributed by atoms with Crippen LogP contribution in [-0.4, -0.2) is 22.3 Å². The van der Waals surface area contributed by atoms with Gasteiger partial charge in [0, 0.05) is 23.0 Å². The molecule has 4 heteroatoms. The molecule has 1 aromatic carbocycles. The Hall–Kier alpha value is -1.42. The molecule has 2 aromatic rings. The van der Waals surface area contributed by atoms with Crippen LogP contribution in [0.3, 0.4) is 0 Å². The Balaban J connectivity index is 2.09. The quantitative estimate of drug-likeness (QED) is 0.796. The molecule has 0 bridgehead atoms. The third-order valence-electron chi connectivity index (χ3n) is 3.90. The van der Waals surface area contributed by atoms with Gasteiger partial charge in [0.05, 0.1) is 11.1 Å². The predicted molar refractivity (Wildman–Crippen MR) is 90.9 cm³/mol. The highest BCUT2D eigenvalue weighted by Crippen LogP contribution is 2.20. The molecule has 1 N–H and O–H groups in total. The molecule has 3 nitrogen and oxygen atoms in total. The molecule has 2 rings (SSSR count). The van der Waals surface area contributed by atoms with Gasteiger partial charge in [-0.1, -0.05) is 60.8 Å². The first-order valence-corrected chi connectivity index (χ1v) is 8.35. The first kappa shape index (κ1) is 16.0. The van der Waals surface area contributed by atoms with Crippen molar-refractivity contribution in [2.75, 3.05) is 6.54 Å². The molecule has 0 saturated heterocycles. The fourth-order valence-electron chi connectivity index (χ4n) is 2.54. The number of halogens is 1. The van der Waals surface area contributed by atoms with Crippen molar-refractivity contribution in [3.63, 3.8) is 0 Å². The normalized spacial score (nSPS) is 12.6. The van der Waals surface area contributed by atoms with E-state index in [1.54, 1.807) is 6.20 Å². The topological polar surface area (TPSA) is 42.0 Å². The van der Waals surface area contributed by atoms with E-state index in [0.29, 0.717) is 22.9 Å². The average Bonchev–Trinajstić information content (AvgIpc) is 2.53. The number of nitrogens with zero attached hydrogens (tertiary/aromatic N) is 1. The first-order valence-electron chi connectivity index (χ1n) is 7.43. The number of carbonyl (C=O) groups is 1. The van der Waals surface area contributed by atoms with Gasteiger partial charge in [-0.2, -0.15) is 0 Å². The average molecular weight is 349 g/mol.